The van der Waals surface area contributed by atoms with E-state index in [0.29, 0.717) is 22.0 Å². The number of anilines is 1. The van der Waals surface area contributed by atoms with Crippen molar-refractivity contribution in [3.8, 4) is 0 Å². The summed E-state index contributed by atoms with van der Waals surface area (Å²) in [7, 11) is 0. The SMILES string of the molecule is Cc1ccc(C(=O)C[C@]2(O)C(=O)N(Cc3ccccc3)c3ccc(Cl)cc32)o1. The van der Waals surface area contributed by atoms with Crippen LogP contribution in [0.15, 0.2) is 65.1 Å². The number of nitrogens with zero attached hydrogens (tertiary/aromatic N) is 1. The van der Waals surface area contributed by atoms with Crippen LogP contribution in [0.3, 0.4) is 0 Å². The minimum absolute atomic E-state index is 0.115. The van der Waals surface area contributed by atoms with E-state index in [1.807, 2.05) is 30.3 Å². The number of halogens is 1. The van der Waals surface area contributed by atoms with Gasteiger partial charge in [-0.3, -0.25) is 9.59 Å². The monoisotopic (exact) mass is 395 g/mol. The number of amides is 1. The Kier molecular flexibility index (Phi) is 4.57. The van der Waals surface area contributed by atoms with Gasteiger partial charge >= 0.3 is 0 Å². The molecule has 0 spiro atoms. The van der Waals surface area contributed by atoms with Crippen LogP contribution in [0, 0.1) is 6.92 Å². The molecular formula is C22H18ClNO4. The molecule has 1 N–H and O–H groups in total. The van der Waals surface area contributed by atoms with Gasteiger partial charge in [-0.2, -0.15) is 0 Å². The van der Waals surface area contributed by atoms with Gasteiger partial charge in [0.15, 0.2) is 11.4 Å². The molecule has 6 heteroatoms. The van der Waals surface area contributed by atoms with Gasteiger partial charge in [-0.05, 0) is 42.8 Å². The molecule has 1 aliphatic heterocycles. The van der Waals surface area contributed by atoms with Gasteiger partial charge in [-0.1, -0.05) is 41.9 Å². The normalized spacial score (nSPS) is 18.4. The maximum absolute atomic E-state index is 13.2. The summed E-state index contributed by atoms with van der Waals surface area (Å²) in [5.41, 5.74) is -0.206. The second-order valence-electron chi connectivity index (χ2n) is 6.91. The minimum Gasteiger partial charge on any atom is -0.458 e. The van der Waals surface area contributed by atoms with Gasteiger partial charge in [0.25, 0.3) is 5.91 Å². The summed E-state index contributed by atoms with van der Waals surface area (Å²) < 4.78 is 5.36. The van der Waals surface area contributed by atoms with Crippen molar-refractivity contribution in [1.82, 2.24) is 0 Å². The molecule has 0 saturated heterocycles. The van der Waals surface area contributed by atoms with Crippen LogP contribution in [0.25, 0.3) is 0 Å². The molecule has 28 heavy (non-hydrogen) atoms. The number of carbonyl (C=O) groups excluding carboxylic acids is 2. The molecule has 1 atom stereocenters. The van der Waals surface area contributed by atoms with Crippen LogP contribution in [0.4, 0.5) is 5.69 Å². The zero-order chi connectivity index (χ0) is 19.9. The van der Waals surface area contributed by atoms with E-state index in [1.165, 1.54) is 4.90 Å². The number of hydrogen-bond donors (Lipinski definition) is 1. The summed E-state index contributed by atoms with van der Waals surface area (Å²) in [5, 5.41) is 11.7. The highest BCUT2D eigenvalue weighted by Crippen LogP contribution is 2.44. The molecule has 5 nitrogen and oxygen atoms in total. The van der Waals surface area contributed by atoms with Crippen molar-refractivity contribution in [3.63, 3.8) is 0 Å². The lowest BCUT2D eigenvalue weighted by Crippen LogP contribution is -2.41. The van der Waals surface area contributed by atoms with Crippen LogP contribution >= 0.6 is 11.6 Å². The van der Waals surface area contributed by atoms with Crippen LogP contribution in [-0.4, -0.2) is 16.8 Å². The highest BCUT2D eigenvalue weighted by Gasteiger charge is 2.51. The number of aryl methyl sites for hydroxylation is 1. The molecule has 1 aliphatic rings. The number of hydrogen-bond acceptors (Lipinski definition) is 4. The second kappa shape index (κ2) is 6.93. The Morgan fingerprint density at radius 2 is 1.89 bits per heavy atom. The van der Waals surface area contributed by atoms with Gasteiger partial charge in [0, 0.05) is 10.6 Å². The maximum atomic E-state index is 13.2. The Hall–Kier alpha value is -2.89. The molecule has 0 unspecified atom stereocenters. The van der Waals surface area contributed by atoms with Crippen molar-refractivity contribution in [2.75, 3.05) is 4.90 Å². The van der Waals surface area contributed by atoms with Crippen LogP contribution in [-0.2, 0) is 16.9 Å². The number of benzene rings is 2. The topological polar surface area (TPSA) is 70.8 Å². The lowest BCUT2D eigenvalue weighted by molar-refractivity contribution is -0.136. The van der Waals surface area contributed by atoms with E-state index in [4.69, 9.17) is 16.0 Å². The third kappa shape index (κ3) is 3.13. The van der Waals surface area contributed by atoms with Gasteiger partial charge in [-0.25, -0.2) is 0 Å². The van der Waals surface area contributed by atoms with Crippen LogP contribution < -0.4 is 4.90 Å². The first-order chi connectivity index (χ1) is 13.4. The predicted octanol–water partition coefficient (Wildman–Crippen LogP) is 4.25. The molecule has 0 radical (unpaired) electrons. The highest BCUT2D eigenvalue weighted by atomic mass is 35.5. The first-order valence-corrected chi connectivity index (χ1v) is 9.24. The summed E-state index contributed by atoms with van der Waals surface area (Å²) in [4.78, 5) is 27.4. The fourth-order valence-corrected chi connectivity index (χ4v) is 3.69. The fourth-order valence-electron chi connectivity index (χ4n) is 3.52. The first-order valence-electron chi connectivity index (χ1n) is 8.86. The number of carbonyl (C=O) groups is 2. The summed E-state index contributed by atoms with van der Waals surface area (Å²) in [6.07, 6.45) is -0.419. The smallest absolute Gasteiger partial charge is 0.264 e. The molecule has 0 bridgehead atoms. The Morgan fingerprint density at radius 3 is 2.57 bits per heavy atom. The average Bonchev–Trinajstić information content (AvgIpc) is 3.19. The van der Waals surface area contributed by atoms with Crippen molar-refractivity contribution in [2.24, 2.45) is 0 Å². The third-order valence-electron chi connectivity index (χ3n) is 4.91. The molecule has 0 saturated carbocycles. The third-order valence-corrected chi connectivity index (χ3v) is 5.14. The van der Waals surface area contributed by atoms with E-state index in [-0.39, 0.29) is 12.3 Å². The molecule has 0 fully saturated rings. The summed E-state index contributed by atoms with van der Waals surface area (Å²) in [5.74, 6) is -0.298. The minimum atomic E-state index is -1.99. The van der Waals surface area contributed by atoms with E-state index in [0.717, 1.165) is 5.56 Å². The first kappa shape index (κ1) is 18.5. The number of Topliss-reactive ketones (excluding diaryl/α,β-unsaturated/α-hetero) is 1. The number of ketones is 1. The number of fused-ring (bicyclic) bond motifs is 1. The zero-order valence-corrected chi connectivity index (χ0v) is 15.9. The number of aliphatic hydroxyl groups is 1. The van der Waals surface area contributed by atoms with E-state index in [9.17, 15) is 14.7 Å². The van der Waals surface area contributed by atoms with Gasteiger partial charge in [0.05, 0.1) is 18.7 Å². The standard InChI is InChI=1S/C22H18ClNO4/c1-14-7-10-20(28-14)19(25)12-22(27)17-11-16(23)8-9-18(17)24(21(22)26)13-15-5-3-2-4-6-15/h2-11,27H,12-13H2,1H3/t22-/m1/s1. The molecule has 3 aromatic rings. The van der Waals surface area contributed by atoms with Crippen molar-refractivity contribution >= 4 is 29.0 Å². The quantitative estimate of drug-likeness (QED) is 0.655. The predicted molar refractivity (Wildman–Crippen MR) is 105 cm³/mol. The average molecular weight is 396 g/mol. The Morgan fingerprint density at radius 1 is 1.14 bits per heavy atom. The van der Waals surface area contributed by atoms with Crippen LogP contribution in [0.2, 0.25) is 5.02 Å². The molecule has 2 aromatic carbocycles. The molecule has 1 amide bonds. The summed E-state index contributed by atoms with van der Waals surface area (Å²) >= 11 is 6.12. The van der Waals surface area contributed by atoms with Crippen molar-refractivity contribution in [2.45, 2.75) is 25.5 Å². The van der Waals surface area contributed by atoms with Gasteiger partial charge in [-0.15, -0.1) is 0 Å². The van der Waals surface area contributed by atoms with E-state index in [1.54, 1.807) is 37.3 Å². The van der Waals surface area contributed by atoms with Gasteiger partial charge in [0.2, 0.25) is 5.78 Å². The van der Waals surface area contributed by atoms with E-state index < -0.39 is 23.7 Å². The Bertz CT molecular complexity index is 1060. The molecule has 1 aromatic heterocycles. The maximum Gasteiger partial charge on any atom is 0.264 e. The molecule has 2 heterocycles. The fraction of sp³-hybridized carbons (Fsp3) is 0.182. The van der Waals surface area contributed by atoms with E-state index in [2.05, 4.69) is 0 Å². The van der Waals surface area contributed by atoms with Crippen molar-refractivity contribution in [3.05, 3.63) is 88.3 Å². The Labute approximate surface area is 167 Å². The Balaban J connectivity index is 1.72. The van der Waals surface area contributed by atoms with Crippen molar-refractivity contribution < 1.29 is 19.1 Å². The number of furan rings is 1. The highest BCUT2D eigenvalue weighted by molar-refractivity contribution is 6.31. The largest absolute Gasteiger partial charge is 0.458 e. The van der Waals surface area contributed by atoms with E-state index >= 15 is 0 Å². The second-order valence-corrected chi connectivity index (χ2v) is 7.35. The molecule has 4 rings (SSSR count). The molecular weight excluding hydrogens is 378 g/mol. The lowest BCUT2D eigenvalue weighted by Gasteiger charge is -2.22. The van der Waals surface area contributed by atoms with Crippen LogP contribution in [0.1, 0.15) is 33.9 Å². The van der Waals surface area contributed by atoms with Crippen molar-refractivity contribution in [1.29, 1.82) is 0 Å². The molecule has 0 aliphatic carbocycles. The van der Waals surface area contributed by atoms with Gasteiger partial charge < -0.3 is 14.4 Å². The molecule has 142 valence electrons. The lowest BCUT2D eigenvalue weighted by atomic mass is 9.89. The number of rotatable bonds is 5. The summed E-state index contributed by atoms with van der Waals surface area (Å²) in [6.45, 7) is 2.01. The van der Waals surface area contributed by atoms with Gasteiger partial charge in [0.1, 0.15) is 5.76 Å². The summed E-state index contributed by atoms with van der Waals surface area (Å²) in [6, 6.07) is 17.6. The van der Waals surface area contributed by atoms with Crippen LogP contribution in [0.5, 0.6) is 0 Å². The zero-order valence-electron chi connectivity index (χ0n) is 15.2.